The largest absolute Gasteiger partial charge is 0.452 e. The fourth-order valence-corrected chi connectivity index (χ4v) is 3.58. The smallest absolute Gasteiger partial charge is 0.338 e. The van der Waals surface area contributed by atoms with Gasteiger partial charge in [0.05, 0.1) is 16.6 Å². The first kappa shape index (κ1) is 20.3. The molecule has 6 nitrogen and oxygen atoms in total. The number of ether oxygens (including phenoxy) is 1. The number of hydrogen-bond acceptors (Lipinski definition) is 4. The molecule has 6 heteroatoms. The lowest BCUT2D eigenvalue weighted by Gasteiger charge is -2.10. The maximum atomic E-state index is 12.5. The molecule has 0 aliphatic heterocycles. The van der Waals surface area contributed by atoms with E-state index in [2.05, 4.69) is 10.3 Å². The molecule has 156 valence electrons. The summed E-state index contributed by atoms with van der Waals surface area (Å²) in [4.78, 5) is 29.3. The zero-order valence-corrected chi connectivity index (χ0v) is 17.5. The highest BCUT2D eigenvalue weighted by atomic mass is 16.5. The van der Waals surface area contributed by atoms with Crippen molar-refractivity contribution in [2.45, 2.75) is 20.3 Å². The van der Waals surface area contributed by atoms with Crippen molar-refractivity contribution >= 4 is 28.6 Å². The summed E-state index contributed by atoms with van der Waals surface area (Å²) in [5, 5.41) is 2.80. The number of aryl methyl sites for hydroxylation is 2. The van der Waals surface area contributed by atoms with E-state index in [1.165, 1.54) is 0 Å². The monoisotopic (exact) mass is 413 g/mol. The Hall–Kier alpha value is -3.93. The Labute approximate surface area is 180 Å². The van der Waals surface area contributed by atoms with Crippen molar-refractivity contribution in [3.8, 4) is 5.69 Å². The van der Waals surface area contributed by atoms with E-state index in [4.69, 9.17) is 4.74 Å². The number of aromatic nitrogens is 2. The average molecular weight is 413 g/mol. The quantitative estimate of drug-likeness (QED) is 0.465. The first-order valence-corrected chi connectivity index (χ1v) is 10.2. The molecule has 0 aliphatic rings. The van der Waals surface area contributed by atoms with Crippen LogP contribution in [0.4, 0.5) is 5.69 Å². The number of amides is 1. The van der Waals surface area contributed by atoms with Crippen LogP contribution in [-0.2, 0) is 16.0 Å². The minimum atomic E-state index is -0.562. The molecule has 1 heterocycles. The van der Waals surface area contributed by atoms with Gasteiger partial charge in [-0.3, -0.25) is 9.36 Å². The highest BCUT2D eigenvalue weighted by Crippen LogP contribution is 2.22. The Morgan fingerprint density at radius 3 is 2.52 bits per heavy atom. The summed E-state index contributed by atoms with van der Waals surface area (Å²) in [6.45, 7) is 3.58. The Morgan fingerprint density at radius 1 is 1.00 bits per heavy atom. The van der Waals surface area contributed by atoms with Gasteiger partial charge in [0.25, 0.3) is 5.91 Å². The number of hydrogen-bond donors (Lipinski definition) is 1. The first-order valence-electron chi connectivity index (χ1n) is 10.2. The lowest BCUT2D eigenvalue weighted by atomic mass is 10.1. The number of benzene rings is 3. The second-order valence-electron chi connectivity index (χ2n) is 7.17. The molecule has 0 fully saturated rings. The molecule has 1 amide bonds. The van der Waals surface area contributed by atoms with Gasteiger partial charge in [-0.05, 0) is 55.3 Å². The Kier molecular flexibility index (Phi) is 5.80. The van der Waals surface area contributed by atoms with E-state index >= 15 is 0 Å². The Balaban J connectivity index is 1.46. The molecular weight excluding hydrogens is 390 g/mol. The van der Waals surface area contributed by atoms with E-state index in [-0.39, 0.29) is 12.5 Å². The van der Waals surface area contributed by atoms with Crippen molar-refractivity contribution in [2.75, 3.05) is 11.9 Å². The second-order valence-corrected chi connectivity index (χ2v) is 7.17. The predicted molar refractivity (Wildman–Crippen MR) is 121 cm³/mol. The van der Waals surface area contributed by atoms with Crippen LogP contribution in [-0.4, -0.2) is 28.0 Å². The molecule has 0 atom stereocenters. The molecule has 0 saturated heterocycles. The molecule has 31 heavy (non-hydrogen) atoms. The zero-order valence-electron chi connectivity index (χ0n) is 17.5. The van der Waals surface area contributed by atoms with Crippen molar-refractivity contribution in [3.63, 3.8) is 0 Å². The van der Waals surface area contributed by atoms with Gasteiger partial charge >= 0.3 is 5.97 Å². The van der Waals surface area contributed by atoms with Crippen LogP contribution in [0.3, 0.4) is 0 Å². The van der Waals surface area contributed by atoms with Crippen LogP contribution in [0.5, 0.6) is 0 Å². The summed E-state index contributed by atoms with van der Waals surface area (Å²) in [7, 11) is 0. The SMILES string of the molecule is CCc1ccccc1NC(=O)COC(=O)c1ccc2c(c1)nc(C)n2-c1ccccc1. The van der Waals surface area contributed by atoms with Crippen LogP contribution in [0.2, 0.25) is 0 Å². The van der Waals surface area contributed by atoms with Gasteiger partial charge in [0.1, 0.15) is 5.82 Å². The number of rotatable bonds is 6. The minimum Gasteiger partial charge on any atom is -0.452 e. The Morgan fingerprint density at radius 2 is 1.74 bits per heavy atom. The van der Waals surface area contributed by atoms with Crippen molar-refractivity contribution in [2.24, 2.45) is 0 Å². The third kappa shape index (κ3) is 4.33. The average Bonchev–Trinajstić information content (AvgIpc) is 3.13. The molecule has 0 radical (unpaired) electrons. The number of nitrogens with zero attached hydrogens (tertiary/aromatic N) is 2. The highest BCUT2D eigenvalue weighted by molar-refractivity contribution is 5.97. The molecule has 4 aromatic rings. The highest BCUT2D eigenvalue weighted by Gasteiger charge is 2.15. The number of para-hydroxylation sites is 2. The lowest BCUT2D eigenvalue weighted by Crippen LogP contribution is -2.21. The van der Waals surface area contributed by atoms with E-state index in [1.54, 1.807) is 12.1 Å². The molecule has 0 bridgehead atoms. The third-order valence-electron chi connectivity index (χ3n) is 5.08. The topological polar surface area (TPSA) is 73.2 Å². The fraction of sp³-hybridized carbons (Fsp3) is 0.160. The molecular formula is C25H23N3O3. The van der Waals surface area contributed by atoms with Gasteiger partial charge in [-0.15, -0.1) is 0 Å². The molecule has 1 N–H and O–H groups in total. The summed E-state index contributed by atoms with van der Waals surface area (Å²) in [6.07, 6.45) is 0.797. The standard InChI is InChI=1S/C25H23N3O3/c1-3-18-9-7-8-12-21(18)27-24(29)16-31-25(30)19-13-14-23-22(15-19)26-17(2)28(23)20-10-5-4-6-11-20/h4-15H,3,16H2,1-2H3,(H,27,29). The van der Waals surface area contributed by atoms with Crippen molar-refractivity contribution in [1.29, 1.82) is 0 Å². The van der Waals surface area contributed by atoms with Crippen LogP contribution < -0.4 is 5.32 Å². The van der Waals surface area contributed by atoms with Gasteiger partial charge in [0, 0.05) is 11.4 Å². The molecule has 3 aromatic carbocycles. The molecule has 0 unspecified atom stereocenters. The van der Waals surface area contributed by atoms with Gasteiger partial charge in [-0.25, -0.2) is 9.78 Å². The second kappa shape index (κ2) is 8.83. The molecule has 1 aromatic heterocycles. The third-order valence-corrected chi connectivity index (χ3v) is 5.08. The summed E-state index contributed by atoms with van der Waals surface area (Å²) in [5.74, 6) is -0.118. The van der Waals surface area contributed by atoms with Gasteiger partial charge in [-0.1, -0.05) is 43.3 Å². The normalized spacial score (nSPS) is 10.8. The van der Waals surface area contributed by atoms with Gasteiger partial charge < -0.3 is 10.1 Å². The van der Waals surface area contributed by atoms with Crippen LogP contribution in [0.1, 0.15) is 28.7 Å². The molecule has 0 saturated carbocycles. The summed E-state index contributed by atoms with van der Waals surface area (Å²) >= 11 is 0. The number of anilines is 1. The number of carbonyl (C=O) groups is 2. The van der Waals surface area contributed by atoms with Gasteiger partial charge in [-0.2, -0.15) is 0 Å². The van der Waals surface area contributed by atoms with Crippen LogP contribution in [0, 0.1) is 6.92 Å². The van der Waals surface area contributed by atoms with Crippen molar-refractivity contribution < 1.29 is 14.3 Å². The summed E-state index contributed by atoms with van der Waals surface area (Å²) in [6, 6.07) is 22.7. The lowest BCUT2D eigenvalue weighted by molar-refractivity contribution is -0.119. The number of esters is 1. The van der Waals surface area contributed by atoms with E-state index in [0.717, 1.165) is 34.7 Å². The number of nitrogens with one attached hydrogen (secondary N) is 1. The van der Waals surface area contributed by atoms with E-state index in [9.17, 15) is 9.59 Å². The van der Waals surface area contributed by atoms with Crippen molar-refractivity contribution in [1.82, 2.24) is 9.55 Å². The minimum absolute atomic E-state index is 0.354. The number of fused-ring (bicyclic) bond motifs is 1. The van der Waals surface area contributed by atoms with Crippen molar-refractivity contribution in [3.05, 3.63) is 89.7 Å². The number of imidazole rings is 1. The summed E-state index contributed by atoms with van der Waals surface area (Å²) < 4.78 is 7.25. The predicted octanol–water partition coefficient (Wildman–Crippen LogP) is 4.69. The van der Waals surface area contributed by atoms with Gasteiger partial charge in [0.2, 0.25) is 0 Å². The molecule has 4 rings (SSSR count). The number of carbonyl (C=O) groups excluding carboxylic acids is 2. The van der Waals surface area contributed by atoms with Gasteiger partial charge in [0.15, 0.2) is 6.61 Å². The maximum absolute atomic E-state index is 12.5. The molecule has 0 aliphatic carbocycles. The van der Waals surface area contributed by atoms with E-state index in [0.29, 0.717) is 11.1 Å². The van der Waals surface area contributed by atoms with Crippen LogP contribution in [0.15, 0.2) is 72.8 Å². The summed E-state index contributed by atoms with van der Waals surface area (Å²) in [5.41, 5.74) is 4.70. The first-order chi connectivity index (χ1) is 15.1. The van der Waals surface area contributed by atoms with E-state index < -0.39 is 5.97 Å². The van der Waals surface area contributed by atoms with Crippen LogP contribution in [0.25, 0.3) is 16.7 Å². The fourth-order valence-electron chi connectivity index (χ4n) is 3.58. The van der Waals surface area contributed by atoms with E-state index in [1.807, 2.05) is 79.1 Å². The zero-order chi connectivity index (χ0) is 21.8. The van der Waals surface area contributed by atoms with Crippen LogP contribution >= 0.6 is 0 Å². The Bertz CT molecular complexity index is 1250. The molecule has 0 spiro atoms. The maximum Gasteiger partial charge on any atom is 0.338 e.